The van der Waals surface area contributed by atoms with Crippen molar-refractivity contribution in [1.82, 2.24) is 19.8 Å². The maximum atomic E-state index is 13.3. The standard InChI is InChI=1S/C23H31N5O4/c1-15-12-27(3)16(2)14-32-20-7-6-17(26-22(29)19-11-24-8-9-25-19)10-18(20)23(30)28(4)13-21(15)31-5/h6-11,15-16,21H,12-14H2,1-5H3,(H,26,29)/t15-,16-,21+/m0/s1. The molecule has 1 aliphatic rings. The highest BCUT2D eigenvalue weighted by molar-refractivity contribution is 6.04. The van der Waals surface area contributed by atoms with E-state index < -0.39 is 5.91 Å². The van der Waals surface area contributed by atoms with Crippen LogP contribution in [-0.4, -0.2) is 84.6 Å². The Bertz CT molecular complexity index is 939. The Morgan fingerprint density at radius 3 is 2.69 bits per heavy atom. The minimum absolute atomic E-state index is 0.109. The zero-order chi connectivity index (χ0) is 23.3. The van der Waals surface area contributed by atoms with Crippen molar-refractivity contribution in [3.63, 3.8) is 0 Å². The first-order valence-electron chi connectivity index (χ1n) is 10.6. The number of rotatable bonds is 3. The molecule has 32 heavy (non-hydrogen) atoms. The Kier molecular flexibility index (Phi) is 7.76. The molecule has 9 heteroatoms. The number of carbonyl (C=O) groups is 2. The van der Waals surface area contributed by atoms with Gasteiger partial charge in [-0.15, -0.1) is 0 Å². The minimum Gasteiger partial charge on any atom is -0.491 e. The number of aromatic nitrogens is 2. The van der Waals surface area contributed by atoms with Gasteiger partial charge in [0.05, 0.1) is 17.9 Å². The summed E-state index contributed by atoms with van der Waals surface area (Å²) in [4.78, 5) is 37.6. The van der Waals surface area contributed by atoms with Crippen LogP contribution in [0.4, 0.5) is 5.69 Å². The van der Waals surface area contributed by atoms with Gasteiger partial charge in [-0.25, -0.2) is 4.98 Å². The fraction of sp³-hybridized carbons (Fsp3) is 0.478. The van der Waals surface area contributed by atoms with E-state index in [-0.39, 0.29) is 29.7 Å². The van der Waals surface area contributed by atoms with Gasteiger partial charge < -0.3 is 19.7 Å². The van der Waals surface area contributed by atoms with Gasteiger partial charge in [-0.3, -0.25) is 19.5 Å². The lowest BCUT2D eigenvalue weighted by Crippen LogP contribution is -2.45. The number of fused-ring (bicyclic) bond motifs is 1. The summed E-state index contributed by atoms with van der Waals surface area (Å²) in [5.74, 6) is 0.0873. The van der Waals surface area contributed by atoms with Crippen molar-refractivity contribution >= 4 is 17.5 Å². The van der Waals surface area contributed by atoms with Crippen LogP contribution >= 0.6 is 0 Å². The lowest BCUT2D eigenvalue weighted by molar-refractivity contribution is 0.0150. The predicted octanol–water partition coefficient (Wildman–Crippen LogP) is 2.16. The zero-order valence-electron chi connectivity index (χ0n) is 19.2. The number of amides is 2. The van der Waals surface area contributed by atoms with Crippen LogP contribution < -0.4 is 10.1 Å². The highest BCUT2D eigenvalue weighted by Gasteiger charge is 2.27. The maximum absolute atomic E-state index is 13.3. The molecule has 3 rings (SSSR count). The highest BCUT2D eigenvalue weighted by atomic mass is 16.5. The van der Waals surface area contributed by atoms with E-state index in [2.05, 4.69) is 41.1 Å². The third-order valence-electron chi connectivity index (χ3n) is 5.81. The summed E-state index contributed by atoms with van der Waals surface area (Å²) < 4.78 is 11.7. The number of ether oxygens (including phenoxy) is 2. The fourth-order valence-electron chi connectivity index (χ4n) is 3.65. The van der Waals surface area contributed by atoms with Crippen molar-refractivity contribution in [2.45, 2.75) is 26.0 Å². The van der Waals surface area contributed by atoms with Gasteiger partial charge in [0.2, 0.25) is 0 Å². The molecule has 9 nitrogen and oxygen atoms in total. The van der Waals surface area contributed by atoms with E-state index in [9.17, 15) is 9.59 Å². The van der Waals surface area contributed by atoms with E-state index in [0.717, 1.165) is 6.54 Å². The molecule has 1 aromatic heterocycles. The Morgan fingerprint density at radius 2 is 2.00 bits per heavy atom. The van der Waals surface area contributed by atoms with Crippen molar-refractivity contribution in [3.8, 4) is 5.75 Å². The summed E-state index contributed by atoms with van der Waals surface area (Å²) in [5, 5.41) is 2.77. The molecule has 172 valence electrons. The van der Waals surface area contributed by atoms with Crippen LogP contribution in [0.25, 0.3) is 0 Å². The normalized spacial score (nSPS) is 22.8. The number of anilines is 1. The molecule has 1 N–H and O–H groups in total. The molecule has 0 saturated carbocycles. The Hall–Kier alpha value is -3.04. The molecule has 3 atom stereocenters. The van der Waals surface area contributed by atoms with E-state index >= 15 is 0 Å². The van der Waals surface area contributed by atoms with Crippen molar-refractivity contribution in [3.05, 3.63) is 48.0 Å². The number of methoxy groups -OCH3 is 1. The molecule has 2 aromatic rings. The Balaban J connectivity index is 1.91. The lowest BCUT2D eigenvalue weighted by Gasteiger charge is -2.34. The van der Waals surface area contributed by atoms with E-state index in [1.54, 1.807) is 37.3 Å². The third-order valence-corrected chi connectivity index (χ3v) is 5.81. The van der Waals surface area contributed by atoms with E-state index in [4.69, 9.17) is 9.47 Å². The van der Waals surface area contributed by atoms with E-state index in [1.165, 1.54) is 18.6 Å². The van der Waals surface area contributed by atoms with Gasteiger partial charge in [-0.2, -0.15) is 0 Å². The molecule has 0 spiro atoms. The summed E-state index contributed by atoms with van der Waals surface area (Å²) in [6, 6.07) is 5.20. The smallest absolute Gasteiger partial charge is 0.275 e. The summed E-state index contributed by atoms with van der Waals surface area (Å²) >= 11 is 0. The number of hydrogen-bond donors (Lipinski definition) is 1. The van der Waals surface area contributed by atoms with Gasteiger partial charge in [-0.05, 0) is 38.1 Å². The van der Waals surface area contributed by atoms with Crippen LogP contribution in [0.15, 0.2) is 36.8 Å². The second-order valence-corrected chi connectivity index (χ2v) is 8.29. The van der Waals surface area contributed by atoms with Gasteiger partial charge >= 0.3 is 0 Å². The number of likely N-dealkylation sites (N-methyl/N-ethyl adjacent to an activating group) is 2. The molecule has 0 fully saturated rings. The van der Waals surface area contributed by atoms with Crippen molar-refractivity contribution in [2.24, 2.45) is 5.92 Å². The van der Waals surface area contributed by atoms with Gasteiger partial charge in [0.1, 0.15) is 18.1 Å². The van der Waals surface area contributed by atoms with E-state index in [0.29, 0.717) is 30.2 Å². The molecule has 0 aliphatic carbocycles. The maximum Gasteiger partial charge on any atom is 0.275 e. The highest BCUT2D eigenvalue weighted by Crippen LogP contribution is 2.26. The molecule has 1 aromatic carbocycles. The SMILES string of the molecule is CO[C@@H]1CN(C)C(=O)c2cc(NC(=O)c3cnccn3)ccc2OC[C@H](C)N(C)C[C@@H]1C. The van der Waals surface area contributed by atoms with Crippen molar-refractivity contribution in [1.29, 1.82) is 0 Å². The van der Waals surface area contributed by atoms with Crippen LogP contribution in [0.5, 0.6) is 5.75 Å². The lowest BCUT2D eigenvalue weighted by atomic mass is 10.0. The van der Waals surface area contributed by atoms with Crippen LogP contribution in [0.3, 0.4) is 0 Å². The van der Waals surface area contributed by atoms with Gasteiger partial charge in [0.25, 0.3) is 11.8 Å². The summed E-state index contributed by atoms with van der Waals surface area (Å²) in [6.07, 6.45) is 4.22. The molecule has 2 heterocycles. The molecule has 0 saturated heterocycles. The molecule has 0 radical (unpaired) electrons. The monoisotopic (exact) mass is 441 g/mol. The Morgan fingerprint density at radius 1 is 1.22 bits per heavy atom. The van der Waals surface area contributed by atoms with Crippen molar-refractivity contribution < 1.29 is 19.1 Å². The van der Waals surface area contributed by atoms with Crippen LogP contribution in [0, 0.1) is 5.92 Å². The third kappa shape index (κ3) is 5.60. The molecular weight excluding hydrogens is 410 g/mol. The quantitative estimate of drug-likeness (QED) is 0.780. The van der Waals surface area contributed by atoms with Gasteiger partial charge in [0, 0.05) is 51.4 Å². The van der Waals surface area contributed by atoms with Gasteiger partial charge in [-0.1, -0.05) is 6.92 Å². The first-order chi connectivity index (χ1) is 15.3. The second kappa shape index (κ2) is 10.5. The molecule has 0 unspecified atom stereocenters. The number of nitrogens with zero attached hydrogens (tertiary/aromatic N) is 4. The largest absolute Gasteiger partial charge is 0.491 e. The average molecular weight is 442 g/mol. The topological polar surface area (TPSA) is 96.9 Å². The van der Waals surface area contributed by atoms with Gasteiger partial charge in [0.15, 0.2) is 0 Å². The van der Waals surface area contributed by atoms with Crippen molar-refractivity contribution in [2.75, 3.05) is 46.2 Å². The summed E-state index contributed by atoms with van der Waals surface area (Å²) in [6.45, 7) is 5.90. The number of carbonyl (C=O) groups excluding carboxylic acids is 2. The van der Waals surface area contributed by atoms with E-state index in [1.807, 2.05) is 0 Å². The average Bonchev–Trinajstić information content (AvgIpc) is 2.80. The molecular formula is C23H31N5O4. The summed E-state index contributed by atoms with van der Waals surface area (Å²) in [7, 11) is 5.48. The molecule has 0 bridgehead atoms. The second-order valence-electron chi connectivity index (χ2n) is 8.29. The van der Waals surface area contributed by atoms with Crippen LogP contribution in [0.1, 0.15) is 34.7 Å². The number of nitrogens with one attached hydrogen (secondary N) is 1. The summed E-state index contributed by atoms with van der Waals surface area (Å²) in [5.41, 5.74) is 1.04. The predicted molar refractivity (Wildman–Crippen MR) is 121 cm³/mol. The van der Waals surface area contributed by atoms with Crippen LogP contribution in [-0.2, 0) is 4.74 Å². The Labute approximate surface area is 188 Å². The molecule has 1 aliphatic heterocycles. The number of benzene rings is 1. The fourth-order valence-corrected chi connectivity index (χ4v) is 3.65. The first-order valence-corrected chi connectivity index (χ1v) is 10.6. The van der Waals surface area contributed by atoms with Crippen LogP contribution in [0.2, 0.25) is 0 Å². The first kappa shape index (κ1) is 23.6. The number of hydrogen-bond acceptors (Lipinski definition) is 7. The minimum atomic E-state index is -0.406. The molecule has 2 amide bonds. The zero-order valence-corrected chi connectivity index (χ0v) is 19.2.